The Balaban J connectivity index is 1.35. The van der Waals surface area contributed by atoms with Crippen LogP contribution in [0.15, 0.2) is 70.5 Å². The molecule has 2 aliphatic rings. The van der Waals surface area contributed by atoms with Gasteiger partial charge in [0.2, 0.25) is 9.84 Å². The van der Waals surface area contributed by atoms with Gasteiger partial charge in [-0.3, -0.25) is 9.59 Å². The predicted molar refractivity (Wildman–Crippen MR) is 118 cm³/mol. The molecule has 0 aliphatic carbocycles. The van der Waals surface area contributed by atoms with Crippen molar-refractivity contribution in [2.45, 2.75) is 16.2 Å². The third-order valence-corrected chi connectivity index (χ3v) is 7.43. The van der Waals surface area contributed by atoms with Gasteiger partial charge < -0.3 is 14.2 Å². The SMILES string of the molecule is O=C(COC(=O)c1ccc2c(c1)S(=O)(=O)c1ccccc1C2=O)c1ccc2c(c1)OCCCO2. The summed E-state index contributed by atoms with van der Waals surface area (Å²) in [6.07, 6.45) is 0.725. The smallest absolute Gasteiger partial charge is 0.338 e. The molecule has 0 N–H and O–H groups in total. The van der Waals surface area contributed by atoms with E-state index in [1.807, 2.05) is 0 Å². The number of ether oxygens (including phenoxy) is 3. The van der Waals surface area contributed by atoms with Gasteiger partial charge in [-0.25, -0.2) is 13.2 Å². The molecular formula is C25H18O8S. The first-order valence-electron chi connectivity index (χ1n) is 10.5. The molecule has 172 valence electrons. The molecule has 0 bridgehead atoms. The predicted octanol–water partition coefficient (Wildman–Crippen LogP) is 3.26. The molecule has 0 amide bonds. The van der Waals surface area contributed by atoms with Crippen molar-refractivity contribution in [2.75, 3.05) is 19.8 Å². The number of hydrogen-bond acceptors (Lipinski definition) is 8. The highest BCUT2D eigenvalue weighted by molar-refractivity contribution is 7.91. The van der Waals surface area contributed by atoms with Crippen molar-refractivity contribution in [1.82, 2.24) is 0 Å². The number of esters is 1. The second kappa shape index (κ2) is 8.42. The molecule has 3 aromatic rings. The zero-order chi connectivity index (χ0) is 23.9. The van der Waals surface area contributed by atoms with Gasteiger partial charge >= 0.3 is 5.97 Å². The van der Waals surface area contributed by atoms with E-state index in [2.05, 4.69) is 0 Å². The molecule has 0 unspecified atom stereocenters. The summed E-state index contributed by atoms with van der Waals surface area (Å²) in [6, 6.07) is 14.3. The second-order valence-electron chi connectivity index (χ2n) is 7.75. The maximum absolute atomic E-state index is 13.0. The van der Waals surface area contributed by atoms with Gasteiger partial charge in [0, 0.05) is 23.1 Å². The van der Waals surface area contributed by atoms with Crippen LogP contribution in [0.2, 0.25) is 0 Å². The fraction of sp³-hybridized carbons (Fsp3) is 0.160. The number of carbonyl (C=O) groups excluding carboxylic acids is 3. The third-order valence-electron chi connectivity index (χ3n) is 5.58. The fourth-order valence-electron chi connectivity index (χ4n) is 3.85. The molecule has 0 fully saturated rings. The number of Topliss-reactive ketones (excluding diaryl/α,β-unsaturated/α-hetero) is 1. The number of hydrogen-bond donors (Lipinski definition) is 0. The van der Waals surface area contributed by atoms with E-state index >= 15 is 0 Å². The monoisotopic (exact) mass is 478 g/mol. The molecular weight excluding hydrogens is 460 g/mol. The minimum atomic E-state index is -4.00. The maximum atomic E-state index is 13.0. The van der Waals surface area contributed by atoms with Gasteiger partial charge in [-0.05, 0) is 48.5 Å². The van der Waals surface area contributed by atoms with Crippen LogP contribution in [0.4, 0.5) is 0 Å². The van der Waals surface area contributed by atoms with Crippen LogP contribution in [0.5, 0.6) is 11.5 Å². The maximum Gasteiger partial charge on any atom is 0.338 e. The summed E-state index contributed by atoms with van der Waals surface area (Å²) in [6.45, 7) is 0.434. The standard InChI is InChI=1S/C25H18O8S/c26-19(15-7-9-20-21(12-15)32-11-3-10-31-20)14-33-25(28)16-6-8-18-23(13-16)34(29,30)22-5-2-1-4-17(22)24(18)27/h1-2,4-9,12-13H,3,10-11,14H2. The molecule has 2 aliphatic heterocycles. The Morgan fingerprint density at radius 3 is 2.35 bits per heavy atom. The van der Waals surface area contributed by atoms with Crippen molar-refractivity contribution in [3.05, 3.63) is 82.9 Å². The summed E-state index contributed by atoms with van der Waals surface area (Å²) >= 11 is 0. The van der Waals surface area contributed by atoms with Crippen LogP contribution in [0, 0.1) is 0 Å². The van der Waals surface area contributed by atoms with Crippen molar-refractivity contribution in [2.24, 2.45) is 0 Å². The topological polar surface area (TPSA) is 113 Å². The van der Waals surface area contributed by atoms with E-state index in [0.717, 1.165) is 12.5 Å². The van der Waals surface area contributed by atoms with E-state index in [1.165, 1.54) is 36.4 Å². The number of ketones is 2. The van der Waals surface area contributed by atoms with E-state index in [9.17, 15) is 22.8 Å². The van der Waals surface area contributed by atoms with Gasteiger partial charge in [0.25, 0.3) is 0 Å². The lowest BCUT2D eigenvalue weighted by Crippen LogP contribution is -2.21. The second-order valence-corrected chi connectivity index (χ2v) is 9.64. The minimum absolute atomic E-state index is 0.0153. The van der Waals surface area contributed by atoms with Crippen LogP contribution in [-0.4, -0.2) is 45.8 Å². The summed E-state index contributed by atoms with van der Waals surface area (Å²) in [7, 11) is -4.00. The Hall–Kier alpha value is -3.98. The van der Waals surface area contributed by atoms with E-state index in [4.69, 9.17) is 14.2 Å². The van der Waals surface area contributed by atoms with E-state index in [1.54, 1.807) is 18.2 Å². The zero-order valence-corrected chi connectivity index (χ0v) is 18.6. The summed E-state index contributed by atoms with van der Waals surface area (Å²) in [4.78, 5) is 37.5. The van der Waals surface area contributed by atoms with E-state index in [0.29, 0.717) is 24.7 Å². The van der Waals surface area contributed by atoms with Crippen LogP contribution in [-0.2, 0) is 14.6 Å². The lowest BCUT2D eigenvalue weighted by Gasteiger charge is -2.19. The van der Waals surface area contributed by atoms with Gasteiger partial charge in [0.15, 0.2) is 29.7 Å². The summed E-state index contributed by atoms with van der Waals surface area (Å²) in [5, 5.41) is 0. The van der Waals surface area contributed by atoms with Crippen LogP contribution in [0.3, 0.4) is 0 Å². The van der Waals surface area contributed by atoms with E-state index in [-0.39, 0.29) is 32.0 Å². The van der Waals surface area contributed by atoms with Crippen molar-refractivity contribution in [3.63, 3.8) is 0 Å². The normalized spacial score (nSPS) is 15.5. The van der Waals surface area contributed by atoms with Gasteiger partial charge in [0.05, 0.1) is 28.6 Å². The average molecular weight is 478 g/mol. The molecule has 2 heterocycles. The van der Waals surface area contributed by atoms with Gasteiger partial charge in [0.1, 0.15) is 0 Å². The molecule has 0 aromatic heterocycles. The third kappa shape index (κ3) is 3.73. The summed E-state index contributed by atoms with van der Waals surface area (Å²) in [5.41, 5.74) is 0.276. The van der Waals surface area contributed by atoms with Gasteiger partial charge in [-0.15, -0.1) is 0 Å². The summed E-state index contributed by atoms with van der Waals surface area (Å²) in [5.74, 6) is -0.799. The minimum Gasteiger partial charge on any atom is -0.490 e. The van der Waals surface area contributed by atoms with Gasteiger partial charge in [-0.1, -0.05) is 12.1 Å². The van der Waals surface area contributed by atoms with Crippen molar-refractivity contribution >= 4 is 27.4 Å². The molecule has 34 heavy (non-hydrogen) atoms. The molecule has 0 saturated carbocycles. The largest absolute Gasteiger partial charge is 0.490 e. The highest BCUT2D eigenvalue weighted by Crippen LogP contribution is 2.35. The van der Waals surface area contributed by atoms with Crippen molar-refractivity contribution < 1.29 is 37.0 Å². The van der Waals surface area contributed by atoms with Gasteiger partial charge in [-0.2, -0.15) is 0 Å². The lowest BCUT2D eigenvalue weighted by atomic mass is 10.0. The first kappa shape index (κ1) is 21.8. The van der Waals surface area contributed by atoms with Crippen LogP contribution in [0.25, 0.3) is 0 Å². The number of rotatable bonds is 4. The lowest BCUT2D eigenvalue weighted by molar-refractivity contribution is 0.0474. The zero-order valence-electron chi connectivity index (χ0n) is 17.8. The Morgan fingerprint density at radius 2 is 1.53 bits per heavy atom. The molecule has 9 heteroatoms. The first-order chi connectivity index (χ1) is 16.4. The Morgan fingerprint density at radius 1 is 0.824 bits per heavy atom. The van der Waals surface area contributed by atoms with Crippen LogP contribution >= 0.6 is 0 Å². The number of sulfone groups is 1. The molecule has 0 atom stereocenters. The van der Waals surface area contributed by atoms with Crippen LogP contribution < -0.4 is 9.47 Å². The Kier molecular flexibility index (Phi) is 5.41. The summed E-state index contributed by atoms with van der Waals surface area (Å²) < 4.78 is 42.3. The molecule has 3 aromatic carbocycles. The highest BCUT2D eigenvalue weighted by Gasteiger charge is 2.35. The Bertz CT molecular complexity index is 1460. The molecule has 0 spiro atoms. The highest BCUT2D eigenvalue weighted by atomic mass is 32.2. The molecule has 0 saturated heterocycles. The quantitative estimate of drug-likeness (QED) is 0.324. The first-order valence-corrected chi connectivity index (χ1v) is 12.0. The van der Waals surface area contributed by atoms with Crippen molar-refractivity contribution in [3.8, 4) is 11.5 Å². The number of benzene rings is 3. The fourth-order valence-corrected chi connectivity index (χ4v) is 5.52. The number of carbonyl (C=O) groups is 3. The molecule has 0 radical (unpaired) electrons. The average Bonchev–Trinajstić information content (AvgIpc) is 3.10. The Labute approximate surface area is 195 Å². The van der Waals surface area contributed by atoms with Crippen LogP contribution in [0.1, 0.15) is 43.1 Å². The molecule has 8 nitrogen and oxygen atoms in total. The molecule has 5 rings (SSSR count). The van der Waals surface area contributed by atoms with E-state index < -0.39 is 34.0 Å². The van der Waals surface area contributed by atoms with Crippen molar-refractivity contribution in [1.29, 1.82) is 0 Å². The number of fused-ring (bicyclic) bond motifs is 3.